The number of H-pyrrole nitrogens is 1. The van der Waals surface area contributed by atoms with Gasteiger partial charge in [-0.25, -0.2) is 15.0 Å². The van der Waals surface area contributed by atoms with Crippen LogP contribution < -0.4 is 0 Å². The first-order valence-electron chi connectivity index (χ1n) is 4.88. The Hall–Kier alpha value is -2.14. The summed E-state index contributed by atoms with van der Waals surface area (Å²) in [6.45, 7) is 0. The van der Waals surface area contributed by atoms with Gasteiger partial charge in [0.15, 0.2) is 5.65 Å². The predicted molar refractivity (Wildman–Crippen MR) is 63.8 cm³/mol. The van der Waals surface area contributed by atoms with Crippen LogP contribution in [0, 0.1) is 0 Å². The van der Waals surface area contributed by atoms with Gasteiger partial charge in [-0.05, 0) is 18.2 Å². The third-order valence-corrected chi connectivity index (χ3v) is 2.69. The van der Waals surface area contributed by atoms with Crippen LogP contribution in [0.15, 0.2) is 30.7 Å². The highest BCUT2D eigenvalue weighted by atomic mass is 35.5. The van der Waals surface area contributed by atoms with E-state index in [1.165, 1.54) is 12.4 Å². The Labute approximate surface area is 101 Å². The van der Waals surface area contributed by atoms with Gasteiger partial charge in [0.2, 0.25) is 0 Å². The number of aromatic nitrogens is 4. The second kappa shape index (κ2) is 3.71. The summed E-state index contributed by atoms with van der Waals surface area (Å²) in [4.78, 5) is 15.3. The van der Waals surface area contributed by atoms with Crippen LogP contribution in [-0.2, 0) is 0 Å². The number of aromatic hydroxyl groups is 1. The van der Waals surface area contributed by atoms with Gasteiger partial charge >= 0.3 is 0 Å². The summed E-state index contributed by atoms with van der Waals surface area (Å²) < 4.78 is 0. The second-order valence-electron chi connectivity index (χ2n) is 3.51. The largest absolute Gasteiger partial charge is 0.506 e. The third-order valence-electron chi connectivity index (χ3n) is 2.38. The zero-order valence-corrected chi connectivity index (χ0v) is 9.31. The molecule has 17 heavy (non-hydrogen) atoms. The smallest absolute Gasteiger partial charge is 0.181 e. The summed E-state index contributed by atoms with van der Waals surface area (Å²) in [6.07, 6.45) is 3.09. The van der Waals surface area contributed by atoms with Crippen molar-refractivity contribution in [3.8, 4) is 17.1 Å². The number of fused-ring (bicyclic) bond motifs is 1. The molecule has 0 bridgehead atoms. The van der Waals surface area contributed by atoms with Crippen LogP contribution >= 0.6 is 11.6 Å². The summed E-state index contributed by atoms with van der Waals surface area (Å²) in [7, 11) is 0. The standard InChI is InChI=1S/C11H7ClN4O/c12-7-3-6(1-2-9(7)17)10-15-8-4-13-5-14-11(8)16-10/h1-5,17H,(H,13,14,15,16). The van der Waals surface area contributed by atoms with Gasteiger partial charge in [-0.2, -0.15) is 0 Å². The molecule has 2 N–H and O–H groups in total. The normalized spacial score (nSPS) is 10.9. The molecular formula is C11H7ClN4O. The molecule has 0 spiro atoms. The number of hydrogen-bond donors (Lipinski definition) is 2. The number of aromatic amines is 1. The highest BCUT2D eigenvalue weighted by Gasteiger charge is 2.07. The molecule has 0 saturated heterocycles. The van der Waals surface area contributed by atoms with E-state index in [1.807, 2.05) is 0 Å². The van der Waals surface area contributed by atoms with E-state index in [9.17, 15) is 5.11 Å². The lowest BCUT2D eigenvalue weighted by Gasteiger charge is -1.99. The minimum Gasteiger partial charge on any atom is -0.506 e. The topological polar surface area (TPSA) is 74.7 Å². The fraction of sp³-hybridized carbons (Fsp3) is 0. The number of benzene rings is 1. The van der Waals surface area contributed by atoms with E-state index in [4.69, 9.17) is 11.6 Å². The summed E-state index contributed by atoms with van der Waals surface area (Å²) in [5.41, 5.74) is 2.14. The van der Waals surface area contributed by atoms with E-state index < -0.39 is 0 Å². The average molecular weight is 247 g/mol. The minimum atomic E-state index is 0.0475. The van der Waals surface area contributed by atoms with Crippen molar-refractivity contribution in [1.29, 1.82) is 0 Å². The highest BCUT2D eigenvalue weighted by Crippen LogP contribution is 2.28. The number of halogens is 1. The number of nitrogens with zero attached hydrogens (tertiary/aromatic N) is 3. The molecule has 0 amide bonds. The molecule has 2 heterocycles. The molecule has 3 aromatic rings. The number of rotatable bonds is 1. The SMILES string of the molecule is Oc1ccc(-c2nc3ncncc3[nH]2)cc1Cl. The molecule has 84 valence electrons. The van der Waals surface area contributed by atoms with Crippen molar-refractivity contribution in [3.05, 3.63) is 35.7 Å². The predicted octanol–water partition coefficient (Wildman–Crippen LogP) is 2.38. The van der Waals surface area contributed by atoms with Gasteiger partial charge in [0.25, 0.3) is 0 Å². The maximum absolute atomic E-state index is 9.35. The van der Waals surface area contributed by atoms with Crippen molar-refractivity contribution in [2.45, 2.75) is 0 Å². The van der Waals surface area contributed by atoms with Gasteiger partial charge in [0, 0.05) is 5.56 Å². The van der Waals surface area contributed by atoms with Gasteiger partial charge < -0.3 is 10.1 Å². The molecule has 3 rings (SSSR count). The van der Waals surface area contributed by atoms with Crippen molar-refractivity contribution >= 4 is 22.8 Å². The average Bonchev–Trinajstić information content (AvgIpc) is 2.76. The lowest BCUT2D eigenvalue weighted by molar-refractivity contribution is 0.475. The number of imidazole rings is 1. The highest BCUT2D eigenvalue weighted by molar-refractivity contribution is 6.32. The van der Waals surface area contributed by atoms with Crippen molar-refractivity contribution < 1.29 is 5.11 Å². The molecule has 1 aromatic carbocycles. The lowest BCUT2D eigenvalue weighted by atomic mass is 10.2. The minimum absolute atomic E-state index is 0.0475. The van der Waals surface area contributed by atoms with Crippen LogP contribution in [0.4, 0.5) is 0 Å². The molecule has 0 aliphatic rings. The van der Waals surface area contributed by atoms with Gasteiger partial charge in [-0.15, -0.1) is 0 Å². The number of hydrogen-bond acceptors (Lipinski definition) is 4. The first-order chi connectivity index (χ1) is 8.24. The maximum Gasteiger partial charge on any atom is 0.181 e. The van der Waals surface area contributed by atoms with E-state index in [-0.39, 0.29) is 10.8 Å². The van der Waals surface area contributed by atoms with Gasteiger partial charge in [-0.1, -0.05) is 11.6 Å². The zero-order valence-electron chi connectivity index (χ0n) is 8.55. The first kappa shape index (κ1) is 10.0. The number of nitrogens with one attached hydrogen (secondary N) is 1. The fourth-order valence-electron chi connectivity index (χ4n) is 1.55. The first-order valence-corrected chi connectivity index (χ1v) is 5.26. The molecule has 0 atom stereocenters. The van der Waals surface area contributed by atoms with E-state index in [0.29, 0.717) is 11.5 Å². The Morgan fingerprint density at radius 1 is 1.29 bits per heavy atom. The molecule has 0 fully saturated rings. The number of phenols is 1. The van der Waals surface area contributed by atoms with Gasteiger partial charge in [-0.3, -0.25) is 0 Å². The van der Waals surface area contributed by atoms with Crippen molar-refractivity contribution in [1.82, 2.24) is 19.9 Å². The van der Waals surface area contributed by atoms with Crippen LogP contribution in [0.2, 0.25) is 5.02 Å². The van der Waals surface area contributed by atoms with E-state index in [2.05, 4.69) is 19.9 Å². The molecule has 0 aliphatic carbocycles. The molecule has 2 aromatic heterocycles. The van der Waals surface area contributed by atoms with E-state index in [1.54, 1.807) is 18.3 Å². The van der Waals surface area contributed by atoms with E-state index in [0.717, 1.165) is 11.1 Å². The van der Waals surface area contributed by atoms with Crippen molar-refractivity contribution in [2.24, 2.45) is 0 Å². The Kier molecular flexibility index (Phi) is 2.19. The van der Waals surface area contributed by atoms with Crippen LogP contribution in [-0.4, -0.2) is 25.0 Å². The van der Waals surface area contributed by atoms with E-state index >= 15 is 0 Å². The summed E-state index contributed by atoms with van der Waals surface area (Å²) in [5, 5.41) is 9.63. The molecule has 0 aliphatic heterocycles. The fourth-order valence-corrected chi connectivity index (χ4v) is 1.73. The number of phenolic OH excluding ortho intramolecular Hbond substituents is 1. The Bertz CT molecular complexity index is 662. The Balaban J connectivity index is 2.17. The van der Waals surface area contributed by atoms with Crippen LogP contribution in [0.5, 0.6) is 5.75 Å². The molecule has 6 heteroatoms. The monoisotopic (exact) mass is 246 g/mol. The van der Waals surface area contributed by atoms with Crippen LogP contribution in [0.25, 0.3) is 22.6 Å². The summed E-state index contributed by atoms with van der Waals surface area (Å²) >= 11 is 5.84. The molecule has 5 nitrogen and oxygen atoms in total. The molecular weight excluding hydrogens is 240 g/mol. The quantitative estimate of drug-likeness (QED) is 0.691. The summed E-state index contributed by atoms with van der Waals surface area (Å²) in [6, 6.07) is 4.89. The third kappa shape index (κ3) is 1.70. The van der Waals surface area contributed by atoms with Crippen LogP contribution in [0.3, 0.4) is 0 Å². The molecule has 0 saturated carbocycles. The second-order valence-corrected chi connectivity index (χ2v) is 3.92. The zero-order chi connectivity index (χ0) is 11.8. The Morgan fingerprint density at radius 2 is 2.18 bits per heavy atom. The lowest BCUT2D eigenvalue weighted by Crippen LogP contribution is -1.80. The van der Waals surface area contributed by atoms with Crippen LogP contribution in [0.1, 0.15) is 0 Å². The maximum atomic E-state index is 9.35. The van der Waals surface area contributed by atoms with Crippen molar-refractivity contribution in [3.63, 3.8) is 0 Å². The summed E-state index contributed by atoms with van der Waals surface area (Å²) in [5.74, 6) is 0.689. The van der Waals surface area contributed by atoms with Gasteiger partial charge in [0.1, 0.15) is 23.4 Å². The molecule has 0 unspecified atom stereocenters. The molecule has 0 radical (unpaired) electrons. The van der Waals surface area contributed by atoms with Gasteiger partial charge in [0.05, 0.1) is 11.2 Å². The Morgan fingerprint density at radius 3 is 2.94 bits per heavy atom. The van der Waals surface area contributed by atoms with Crippen molar-refractivity contribution in [2.75, 3.05) is 0 Å².